The minimum atomic E-state index is 0.389. The molecule has 1 aliphatic heterocycles. The maximum absolute atomic E-state index is 5.49. The molecule has 1 aliphatic rings. The minimum absolute atomic E-state index is 0.389. The van der Waals surface area contributed by atoms with E-state index in [4.69, 9.17) is 4.74 Å². The minimum Gasteiger partial charge on any atom is -0.380 e. The molecule has 2 heterocycles. The van der Waals surface area contributed by atoms with Crippen molar-refractivity contribution in [3.05, 3.63) is 12.4 Å². The van der Waals surface area contributed by atoms with E-state index in [0.717, 1.165) is 18.8 Å². The van der Waals surface area contributed by atoms with Gasteiger partial charge in [0.15, 0.2) is 0 Å². The number of aromatic nitrogens is 2. The fraction of sp³-hybridized carbons (Fsp3) is 0.667. The highest BCUT2D eigenvalue weighted by atomic mass is 16.5. The van der Waals surface area contributed by atoms with E-state index < -0.39 is 0 Å². The molecule has 1 saturated heterocycles. The van der Waals surface area contributed by atoms with Gasteiger partial charge >= 0.3 is 0 Å². The van der Waals surface area contributed by atoms with Crippen molar-refractivity contribution in [1.82, 2.24) is 9.78 Å². The molecule has 4 nitrogen and oxygen atoms in total. The van der Waals surface area contributed by atoms with Gasteiger partial charge in [-0.05, 0) is 12.8 Å². The van der Waals surface area contributed by atoms with Gasteiger partial charge in [0.1, 0.15) is 0 Å². The van der Waals surface area contributed by atoms with Crippen molar-refractivity contribution >= 4 is 5.69 Å². The first-order chi connectivity index (χ1) is 6.34. The Kier molecular flexibility index (Phi) is 2.49. The van der Waals surface area contributed by atoms with Gasteiger partial charge in [-0.15, -0.1) is 0 Å². The largest absolute Gasteiger partial charge is 0.380 e. The van der Waals surface area contributed by atoms with Crippen LogP contribution in [0.3, 0.4) is 0 Å². The zero-order valence-electron chi connectivity index (χ0n) is 7.86. The normalized spacial score (nSPS) is 22.1. The van der Waals surface area contributed by atoms with Gasteiger partial charge in [-0.3, -0.25) is 4.68 Å². The van der Waals surface area contributed by atoms with E-state index >= 15 is 0 Å². The zero-order valence-corrected chi connectivity index (χ0v) is 7.86. The predicted molar refractivity (Wildman–Crippen MR) is 50.7 cm³/mol. The van der Waals surface area contributed by atoms with Crippen LogP contribution < -0.4 is 5.32 Å². The van der Waals surface area contributed by atoms with Crippen LogP contribution in [0.1, 0.15) is 12.8 Å². The highest BCUT2D eigenvalue weighted by Crippen LogP contribution is 2.13. The number of nitrogens with one attached hydrogen (secondary N) is 1. The molecule has 13 heavy (non-hydrogen) atoms. The van der Waals surface area contributed by atoms with Crippen LogP contribution in [0.4, 0.5) is 5.69 Å². The molecule has 0 saturated carbocycles. The Morgan fingerprint density at radius 1 is 1.77 bits per heavy atom. The lowest BCUT2D eigenvalue weighted by Gasteiger charge is -2.09. The van der Waals surface area contributed by atoms with Crippen molar-refractivity contribution in [2.45, 2.75) is 18.9 Å². The highest BCUT2D eigenvalue weighted by molar-refractivity contribution is 5.37. The van der Waals surface area contributed by atoms with Crippen LogP contribution in [0.2, 0.25) is 0 Å². The van der Waals surface area contributed by atoms with E-state index in [0.29, 0.717) is 6.10 Å². The van der Waals surface area contributed by atoms with E-state index in [2.05, 4.69) is 10.4 Å². The van der Waals surface area contributed by atoms with Crippen LogP contribution >= 0.6 is 0 Å². The molecule has 72 valence electrons. The van der Waals surface area contributed by atoms with Crippen molar-refractivity contribution < 1.29 is 4.74 Å². The van der Waals surface area contributed by atoms with Crippen LogP contribution in [-0.2, 0) is 11.8 Å². The van der Waals surface area contributed by atoms with Crippen molar-refractivity contribution in [2.75, 3.05) is 18.5 Å². The number of aryl methyl sites for hydroxylation is 1. The molecule has 0 aromatic carbocycles. The van der Waals surface area contributed by atoms with E-state index in [1.54, 1.807) is 4.68 Å². The molecule has 1 unspecified atom stereocenters. The number of anilines is 1. The molecule has 4 heteroatoms. The lowest BCUT2D eigenvalue weighted by molar-refractivity contribution is 0.120. The molecule has 1 N–H and O–H groups in total. The second-order valence-corrected chi connectivity index (χ2v) is 3.42. The van der Waals surface area contributed by atoms with Crippen molar-refractivity contribution in [3.8, 4) is 0 Å². The maximum atomic E-state index is 5.49. The van der Waals surface area contributed by atoms with Gasteiger partial charge in [0.25, 0.3) is 0 Å². The van der Waals surface area contributed by atoms with Gasteiger partial charge < -0.3 is 10.1 Å². The Hall–Kier alpha value is -1.03. The van der Waals surface area contributed by atoms with Gasteiger partial charge in [0.2, 0.25) is 0 Å². The fourth-order valence-electron chi connectivity index (χ4n) is 1.55. The quantitative estimate of drug-likeness (QED) is 0.756. The first-order valence-electron chi connectivity index (χ1n) is 4.69. The smallest absolute Gasteiger partial charge is 0.0748 e. The first-order valence-corrected chi connectivity index (χ1v) is 4.69. The summed E-state index contributed by atoms with van der Waals surface area (Å²) in [5.41, 5.74) is 1.07. The molecule has 0 bridgehead atoms. The number of hydrogen-bond donors (Lipinski definition) is 1. The zero-order chi connectivity index (χ0) is 9.10. The molecule has 0 aliphatic carbocycles. The van der Waals surface area contributed by atoms with Crippen LogP contribution in [0.15, 0.2) is 12.4 Å². The fourth-order valence-corrected chi connectivity index (χ4v) is 1.55. The molecule has 1 fully saturated rings. The second-order valence-electron chi connectivity index (χ2n) is 3.42. The summed E-state index contributed by atoms with van der Waals surface area (Å²) in [5, 5.41) is 7.37. The van der Waals surface area contributed by atoms with E-state index in [9.17, 15) is 0 Å². The van der Waals surface area contributed by atoms with Gasteiger partial charge in [0, 0.05) is 26.4 Å². The second kappa shape index (κ2) is 3.79. The summed E-state index contributed by atoms with van der Waals surface area (Å²) in [7, 11) is 1.91. The Balaban J connectivity index is 1.78. The SMILES string of the molecule is Cn1cc(NCC2CCCO2)cn1. The summed E-state index contributed by atoms with van der Waals surface area (Å²) in [4.78, 5) is 0. The van der Waals surface area contributed by atoms with Gasteiger partial charge in [-0.25, -0.2) is 0 Å². The summed E-state index contributed by atoms with van der Waals surface area (Å²) in [6.07, 6.45) is 6.55. The van der Waals surface area contributed by atoms with Gasteiger partial charge in [-0.1, -0.05) is 0 Å². The lowest BCUT2D eigenvalue weighted by Crippen LogP contribution is -2.17. The summed E-state index contributed by atoms with van der Waals surface area (Å²) in [6.45, 7) is 1.81. The summed E-state index contributed by atoms with van der Waals surface area (Å²) >= 11 is 0. The molecular weight excluding hydrogens is 166 g/mol. The lowest BCUT2D eigenvalue weighted by atomic mass is 10.2. The Labute approximate surface area is 77.9 Å². The average Bonchev–Trinajstić information content (AvgIpc) is 2.71. The van der Waals surface area contributed by atoms with Crippen LogP contribution in [-0.4, -0.2) is 29.0 Å². The molecule has 0 amide bonds. The van der Waals surface area contributed by atoms with E-state index in [1.807, 2.05) is 19.4 Å². The average molecular weight is 181 g/mol. The van der Waals surface area contributed by atoms with Crippen molar-refractivity contribution in [1.29, 1.82) is 0 Å². The molecule has 2 rings (SSSR count). The van der Waals surface area contributed by atoms with E-state index in [-0.39, 0.29) is 0 Å². The molecule has 1 aromatic heterocycles. The number of nitrogens with zero attached hydrogens (tertiary/aromatic N) is 2. The molecule has 0 spiro atoms. The molecular formula is C9H15N3O. The Bertz CT molecular complexity index is 266. The number of hydrogen-bond acceptors (Lipinski definition) is 3. The summed E-state index contributed by atoms with van der Waals surface area (Å²) in [5.74, 6) is 0. The van der Waals surface area contributed by atoms with Gasteiger partial charge in [0.05, 0.1) is 18.0 Å². The maximum Gasteiger partial charge on any atom is 0.0748 e. The van der Waals surface area contributed by atoms with Crippen LogP contribution in [0.5, 0.6) is 0 Å². The molecule has 1 atom stereocenters. The Morgan fingerprint density at radius 2 is 2.69 bits per heavy atom. The first kappa shape index (κ1) is 8.56. The standard InChI is InChI=1S/C9H15N3O/c1-12-7-8(5-11-12)10-6-9-3-2-4-13-9/h5,7,9-10H,2-4,6H2,1H3. The highest BCUT2D eigenvalue weighted by Gasteiger charge is 2.14. The van der Waals surface area contributed by atoms with Crippen molar-refractivity contribution in [3.63, 3.8) is 0 Å². The third-order valence-electron chi connectivity index (χ3n) is 2.26. The van der Waals surface area contributed by atoms with Crippen molar-refractivity contribution in [2.24, 2.45) is 7.05 Å². The topological polar surface area (TPSA) is 39.1 Å². The Morgan fingerprint density at radius 3 is 3.31 bits per heavy atom. The molecule has 0 radical (unpaired) electrons. The number of ether oxygens (including phenoxy) is 1. The summed E-state index contributed by atoms with van der Waals surface area (Å²) < 4.78 is 7.28. The van der Waals surface area contributed by atoms with E-state index in [1.165, 1.54) is 12.8 Å². The summed E-state index contributed by atoms with van der Waals surface area (Å²) in [6, 6.07) is 0. The third-order valence-corrected chi connectivity index (χ3v) is 2.26. The third kappa shape index (κ3) is 2.21. The van der Waals surface area contributed by atoms with Crippen LogP contribution in [0.25, 0.3) is 0 Å². The molecule has 1 aromatic rings. The number of rotatable bonds is 3. The van der Waals surface area contributed by atoms with Crippen LogP contribution in [0, 0.1) is 0 Å². The predicted octanol–water partition coefficient (Wildman–Crippen LogP) is 1.01. The van der Waals surface area contributed by atoms with Gasteiger partial charge in [-0.2, -0.15) is 5.10 Å². The monoisotopic (exact) mass is 181 g/mol.